The first-order valence-electron chi connectivity index (χ1n) is 8.02. The maximum absolute atomic E-state index is 14.6. The van der Waals surface area contributed by atoms with Gasteiger partial charge in [0.25, 0.3) is 0 Å². The molecule has 0 spiro atoms. The highest BCUT2D eigenvalue weighted by molar-refractivity contribution is 6.54. The van der Waals surface area contributed by atoms with E-state index < -0.39 is 24.0 Å². The average molecular weight is 325 g/mol. The van der Waals surface area contributed by atoms with Gasteiger partial charge in [-0.2, -0.15) is 0 Å². The van der Waals surface area contributed by atoms with E-state index in [4.69, 9.17) is 9.31 Å². The number of pyridine rings is 1. The van der Waals surface area contributed by atoms with Gasteiger partial charge in [-0.15, -0.1) is 0 Å². The van der Waals surface area contributed by atoms with E-state index in [1.807, 2.05) is 64.1 Å². The van der Waals surface area contributed by atoms with Crippen molar-refractivity contribution >= 4 is 13.2 Å². The van der Waals surface area contributed by atoms with Crippen LogP contribution in [0.4, 0.5) is 4.39 Å². The molecule has 0 aliphatic carbocycles. The van der Waals surface area contributed by atoms with Crippen LogP contribution in [0.25, 0.3) is 17.2 Å². The molecule has 3 rings (SSSR count). The van der Waals surface area contributed by atoms with E-state index >= 15 is 0 Å². The van der Waals surface area contributed by atoms with Crippen molar-refractivity contribution < 1.29 is 13.7 Å². The zero-order chi connectivity index (χ0) is 17.4. The Bertz CT molecular complexity index is 743. The maximum Gasteiger partial charge on any atom is 0.525 e. The van der Waals surface area contributed by atoms with E-state index in [9.17, 15) is 4.39 Å². The fraction of sp³-hybridized carbons (Fsp3) is 0.316. The highest BCUT2D eigenvalue weighted by Gasteiger charge is 2.53. The van der Waals surface area contributed by atoms with Gasteiger partial charge >= 0.3 is 7.12 Å². The Hall–Kier alpha value is -1.98. The van der Waals surface area contributed by atoms with Gasteiger partial charge in [0.05, 0.1) is 11.2 Å². The average Bonchev–Trinajstić information content (AvgIpc) is 2.77. The van der Waals surface area contributed by atoms with Crippen molar-refractivity contribution in [3.63, 3.8) is 0 Å². The molecule has 24 heavy (non-hydrogen) atoms. The lowest BCUT2D eigenvalue weighted by atomic mass is 9.86. The number of rotatable bonds is 3. The van der Waals surface area contributed by atoms with Crippen LogP contribution >= 0.6 is 0 Å². The Morgan fingerprint density at radius 2 is 1.71 bits per heavy atom. The Morgan fingerprint density at radius 3 is 2.33 bits per heavy atom. The molecule has 0 unspecified atom stereocenters. The smallest absolute Gasteiger partial charge is 0.398 e. The monoisotopic (exact) mass is 325 g/mol. The minimum absolute atomic E-state index is 0.433. The highest BCUT2D eigenvalue weighted by Crippen LogP contribution is 2.39. The Kier molecular flexibility index (Phi) is 4.32. The van der Waals surface area contributed by atoms with Gasteiger partial charge in [-0.05, 0) is 57.0 Å². The molecular weight excluding hydrogens is 304 g/mol. The van der Waals surface area contributed by atoms with Crippen LogP contribution < -0.4 is 0 Å². The van der Waals surface area contributed by atoms with E-state index in [1.165, 1.54) is 6.08 Å². The fourth-order valence-electron chi connectivity index (χ4n) is 2.52. The first-order valence-corrected chi connectivity index (χ1v) is 8.02. The Balaban J connectivity index is 1.84. The van der Waals surface area contributed by atoms with E-state index in [1.54, 1.807) is 12.4 Å². The molecule has 0 bridgehead atoms. The molecule has 0 amide bonds. The summed E-state index contributed by atoms with van der Waals surface area (Å²) in [6, 6.07) is 11.5. The van der Waals surface area contributed by atoms with Gasteiger partial charge in [-0.3, -0.25) is 4.98 Å². The summed E-state index contributed by atoms with van der Waals surface area (Å²) >= 11 is 0. The van der Waals surface area contributed by atoms with Crippen LogP contribution in [0.2, 0.25) is 0 Å². The summed E-state index contributed by atoms with van der Waals surface area (Å²) in [6.07, 6.45) is 4.97. The molecule has 0 saturated carbocycles. The molecule has 1 aliphatic heterocycles. The molecule has 124 valence electrons. The van der Waals surface area contributed by atoms with Crippen molar-refractivity contribution in [3.8, 4) is 11.1 Å². The Labute approximate surface area is 142 Å². The second kappa shape index (κ2) is 6.15. The molecule has 2 aromatic rings. The molecule has 1 aliphatic rings. The highest BCUT2D eigenvalue weighted by atomic mass is 19.1. The molecule has 0 atom stereocenters. The lowest BCUT2D eigenvalue weighted by Crippen LogP contribution is -2.41. The van der Waals surface area contributed by atoms with Gasteiger partial charge in [-0.1, -0.05) is 24.3 Å². The molecule has 1 aromatic heterocycles. The van der Waals surface area contributed by atoms with Gasteiger partial charge < -0.3 is 9.31 Å². The zero-order valence-electron chi connectivity index (χ0n) is 14.4. The summed E-state index contributed by atoms with van der Waals surface area (Å²) in [7, 11) is -0.975. The molecule has 0 radical (unpaired) electrons. The largest absolute Gasteiger partial charge is 0.525 e. The standard InChI is InChI=1S/C19H21BFNO2/c1-18(2)19(3,4)24-20(23-18)17(21)12-14-7-5-8-15(11-14)16-9-6-10-22-13-16/h5-13H,1-4H3. The van der Waals surface area contributed by atoms with Gasteiger partial charge in [0.1, 0.15) is 5.73 Å². The molecule has 1 fully saturated rings. The van der Waals surface area contributed by atoms with Crippen LogP contribution in [-0.2, 0) is 9.31 Å². The van der Waals surface area contributed by atoms with Gasteiger partial charge in [0.15, 0.2) is 0 Å². The van der Waals surface area contributed by atoms with E-state index in [0.717, 1.165) is 16.7 Å². The van der Waals surface area contributed by atoms with Crippen molar-refractivity contribution in [1.29, 1.82) is 0 Å². The minimum atomic E-state index is -0.975. The van der Waals surface area contributed by atoms with Gasteiger partial charge in [0, 0.05) is 18.0 Å². The van der Waals surface area contributed by atoms with Crippen LogP contribution in [0.1, 0.15) is 33.3 Å². The fourth-order valence-corrected chi connectivity index (χ4v) is 2.52. The number of hydrogen-bond acceptors (Lipinski definition) is 3. The number of benzene rings is 1. The Morgan fingerprint density at radius 1 is 1.04 bits per heavy atom. The lowest BCUT2D eigenvalue weighted by molar-refractivity contribution is 0.00578. The number of nitrogens with zero attached hydrogens (tertiary/aromatic N) is 1. The topological polar surface area (TPSA) is 31.4 Å². The first kappa shape index (κ1) is 16.9. The minimum Gasteiger partial charge on any atom is -0.398 e. The third-order valence-electron chi connectivity index (χ3n) is 4.66. The second-order valence-electron chi connectivity index (χ2n) is 6.98. The number of halogens is 1. The van der Waals surface area contributed by atoms with Crippen molar-refractivity contribution in [1.82, 2.24) is 4.98 Å². The van der Waals surface area contributed by atoms with Crippen molar-refractivity contribution in [3.05, 3.63) is 60.1 Å². The number of aromatic nitrogens is 1. The molecule has 1 saturated heterocycles. The van der Waals surface area contributed by atoms with E-state index in [2.05, 4.69) is 4.98 Å². The predicted octanol–water partition coefficient (Wildman–Crippen LogP) is 4.69. The predicted molar refractivity (Wildman–Crippen MR) is 94.8 cm³/mol. The van der Waals surface area contributed by atoms with Crippen LogP contribution in [-0.4, -0.2) is 23.3 Å². The molecular formula is C19H21BFNO2. The zero-order valence-corrected chi connectivity index (χ0v) is 14.4. The number of hydrogen-bond donors (Lipinski definition) is 0. The van der Waals surface area contributed by atoms with Crippen LogP contribution in [0.15, 0.2) is 54.5 Å². The molecule has 5 heteroatoms. The summed E-state index contributed by atoms with van der Waals surface area (Å²) in [6.45, 7) is 7.62. The van der Waals surface area contributed by atoms with Crippen LogP contribution in [0, 0.1) is 0 Å². The van der Waals surface area contributed by atoms with Crippen LogP contribution in [0.5, 0.6) is 0 Å². The third kappa shape index (κ3) is 3.28. The van der Waals surface area contributed by atoms with E-state index in [-0.39, 0.29) is 0 Å². The van der Waals surface area contributed by atoms with Crippen molar-refractivity contribution in [2.24, 2.45) is 0 Å². The lowest BCUT2D eigenvalue weighted by Gasteiger charge is -2.32. The summed E-state index contributed by atoms with van der Waals surface area (Å²) in [5.41, 5.74) is 1.18. The molecule has 1 aromatic carbocycles. The van der Waals surface area contributed by atoms with Crippen molar-refractivity contribution in [2.45, 2.75) is 38.9 Å². The molecule has 2 heterocycles. The van der Waals surface area contributed by atoms with Gasteiger partial charge in [0.2, 0.25) is 0 Å². The molecule has 3 nitrogen and oxygen atoms in total. The summed E-state index contributed by atoms with van der Waals surface area (Å²) in [4.78, 5) is 4.12. The summed E-state index contributed by atoms with van der Waals surface area (Å²) in [5.74, 6) is 0. The summed E-state index contributed by atoms with van der Waals surface area (Å²) in [5, 5.41) is 0. The maximum atomic E-state index is 14.6. The van der Waals surface area contributed by atoms with E-state index in [0.29, 0.717) is 0 Å². The molecule has 0 N–H and O–H groups in total. The van der Waals surface area contributed by atoms with Gasteiger partial charge in [-0.25, -0.2) is 4.39 Å². The second-order valence-corrected chi connectivity index (χ2v) is 6.98. The summed E-state index contributed by atoms with van der Waals surface area (Å²) < 4.78 is 26.1. The third-order valence-corrected chi connectivity index (χ3v) is 4.66. The quantitative estimate of drug-likeness (QED) is 0.767. The van der Waals surface area contributed by atoms with Crippen molar-refractivity contribution in [2.75, 3.05) is 0 Å². The normalized spacial score (nSPS) is 19.5. The SMILES string of the molecule is CC1(C)OB(C(F)=Cc2cccc(-c3cccnc3)c2)OC1(C)C. The van der Waals surface area contributed by atoms with Crippen LogP contribution in [0.3, 0.4) is 0 Å². The first-order chi connectivity index (χ1) is 11.3.